The van der Waals surface area contributed by atoms with Crippen LogP contribution in [0.5, 0.6) is 0 Å². The number of carbonyl (C=O) groups excluding carboxylic acids is 2. The Morgan fingerprint density at radius 2 is 1.90 bits per heavy atom. The number of hydrogen-bond acceptors (Lipinski definition) is 4. The number of carbonyl (C=O) groups is 2. The van der Waals surface area contributed by atoms with E-state index in [0.29, 0.717) is 42.8 Å². The molecule has 1 aromatic carbocycles. The van der Waals surface area contributed by atoms with E-state index in [1.54, 1.807) is 17.0 Å². The second-order valence-electron chi connectivity index (χ2n) is 9.35. The summed E-state index contributed by atoms with van der Waals surface area (Å²) in [6, 6.07) is 5.90. The molecule has 0 bridgehead atoms. The van der Waals surface area contributed by atoms with E-state index in [1.165, 1.54) is 23.5 Å². The number of fused-ring (bicyclic) bond motifs is 1. The number of hydrogen-bond donors (Lipinski definition) is 1. The summed E-state index contributed by atoms with van der Waals surface area (Å²) in [7, 11) is 0. The molecule has 0 radical (unpaired) electrons. The summed E-state index contributed by atoms with van der Waals surface area (Å²) < 4.78 is 19.5. The van der Waals surface area contributed by atoms with Crippen molar-refractivity contribution in [2.24, 2.45) is 11.3 Å². The van der Waals surface area contributed by atoms with Gasteiger partial charge in [-0.3, -0.25) is 9.59 Å². The lowest BCUT2D eigenvalue weighted by Gasteiger charge is -2.34. The smallest absolute Gasteiger partial charge is 0.259 e. The van der Waals surface area contributed by atoms with Crippen LogP contribution in [-0.2, 0) is 17.6 Å². The molecule has 0 saturated carbocycles. The number of rotatable bonds is 3. The van der Waals surface area contributed by atoms with Crippen LogP contribution >= 0.6 is 11.3 Å². The Hall–Kier alpha value is -2.25. The van der Waals surface area contributed by atoms with E-state index in [9.17, 15) is 14.0 Å². The molecule has 0 unspecified atom stereocenters. The Bertz CT molecular complexity index is 989. The number of anilines is 1. The summed E-state index contributed by atoms with van der Waals surface area (Å²) in [5.41, 5.74) is 1.78. The highest BCUT2D eigenvalue weighted by molar-refractivity contribution is 7.17. The zero-order chi connectivity index (χ0) is 22.2. The van der Waals surface area contributed by atoms with Gasteiger partial charge in [-0.15, -0.1) is 11.3 Å². The van der Waals surface area contributed by atoms with E-state index in [4.69, 9.17) is 4.74 Å². The molecular formula is C24H29FN2O3S. The molecule has 2 heterocycles. The third-order valence-electron chi connectivity index (χ3n) is 6.35. The predicted molar refractivity (Wildman–Crippen MR) is 120 cm³/mol. The first-order valence-electron chi connectivity index (χ1n) is 10.8. The van der Waals surface area contributed by atoms with Gasteiger partial charge in [-0.1, -0.05) is 32.9 Å². The minimum absolute atomic E-state index is 0.0220. The zero-order valence-corrected chi connectivity index (χ0v) is 19.1. The van der Waals surface area contributed by atoms with Gasteiger partial charge in [0.25, 0.3) is 11.8 Å². The second-order valence-corrected chi connectivity index (χ2v) is 10.5. The summed E-state index contributed by atoms with van der Waals surface area (Å²) >= 11 is 1.47. The topological polar surface area (TPSA) is 58.6 Å². The first-order valence-corrected chi connectivity index (χ1v) is 11.6. The molecule has 4 rings (SSSR count). The van der Waals surface area contributed by atoms with Crippen molar-refractivity contribution in [1.29, 1.82) is 0 Å². The third kappa shape index (κ3) is 4.53. The molecule has 1 N–H and O–H groups in total. The molecule has 5 nitrogen and oxygen atoms in total. The van der Waals surface area contributed by atoms with Crippen LogP contribution in [0.25, 0.3) is 0 Å². The number of benzene rings is 1. The summed E-state index contributed by atoms with van der Waals surface area (Å²) in [4.78, 5) is 29.3. The van der Waals surface area contributed by atoms with Crippen LogP contribution in [0.15, 0.2) is 24.3 Å². The molecule has 1 aliphatic heterocycles. The molecule has 2 aromatic rings. The third-order valence-corrected chi connectivity index (χ3v) is 7.52. The Balaban J connectivity index is 1.69. The Morgan fingerprint density at radius 1 is 1.19 bits per heavy atom. The molecule has 1 fully saturated rings. The fourth-order valence-electron chi connectivity index (χ4n) is 4.38. The number of thiophene rings is 1. The van der Waals surface area contributed by atoms with Gasteiger partial charge in [-0.25, -0.2) is 4.39 Å². The van der Waals surface area contributed by atoms with Crippen LogP contribution in [-0.4, -0.2) is 43.0 Å². The number of morpholine rings is 1. The lowest BCUT2D eigenvalue weighted by molar-refractivity contribution is 0.0303. The Labute approximate surface area is 186 Å². The van der Waals surface area contributed by atoms with Crippen molar-refractivity contribution < 1.29 is 18.7 Å². The summed E-state index contributed by atoms with van der Waals surface area (Å²) in [6.45, 7) is 8.84. The molecule has 31 heavy (non-hydrogen) atoms. The van der Waals surface area contributed by atoms with Crippen molar-refractivity contribution in [1.82, 2.24) is 4.90 Å². The molecule has 1 aliphatic carbocycles. The van der Waals surface area contributed by atoms with E-state index in [1.807, 2.05) is 0 Å². The average Bonchev–Trinajstić information content (AvgIpc) is 3.10. The maximum absolute atomic E-state index is 14.2. The SMILES string of the molecule is CC(C)(C)[C@@H]1CCc2c(sc(NC(=O)c3ccccc3F)c2C(=O)N2CCOCC2)C1. The maximum atomic E-state index is 14.2. The average molecular weight is 445 g/mol. The van der Waals surface area contributed by atoms with Crippen molar-refractivity contribution in [3.63, 3.8) is 0 Å². The van der Waals surface area contributed by atoms with Crippen molar-refractivity contribution in [2.45, 2.75) is 40.0 Å². The quantitative estimate of drug-likeness (QED) is 0.742. The monoisotopic (exact) mass is 444 g/mol. The van der Waals surface area contributed by atoms with Gasteiger partial charge in [-0.05, 0) is 48.3 Å². The minimum atomic E-state index is -0.574. The standard InChI is InChI=1S/C24H29FN2O3S/c1-24(2,3)15-8-9-17-19(14-15)31-22(20(17)23(29)27-10-12-30-13-11-27)26-21(28)16-6-4-5-7-18(16)25/h4-7,15H,8-14H2,1-3H3,(H,26,28)/t15-/m1/s1. The van der Waals surface area contributed by atoms with Crippen LogP contribution < -0.4 is 5.32 Å². The highest BCUT2D eigenvalue weighted by Crippen LogP contribution is 2.44. The van der Waals surface area contributed by atoms with Gasteiger partial charge in [0.1, 0.15) is 10.8 Å². The van der Waals surface area contributed by atoms with Gasteiger partial charge in [0.05, 0.1) is 24.3 Å². The van der Waals surface area contributed by atoms with Crippen LogP contribution in [0.2, 0.25) is 0 Å². The van der Waals surface area contributed by atoms with E-state index < -0.39 is 11.7 Å². The molecule has 2 amide bonds. The number of ether oxygens (including phenoxy) is 1. The first kappa shape index (κ1) is 22.0. The van der Waals surface area contributed by atoms with Gasteiger partial charge < -0.3 is 15.0 Å². The summed E-state index contributed by atoms with van der Waals surface area (Å²) in [6.07, 6.45) is 2.72. The van der Waals surface area contributed by atoms with Crippen LogP contribution in [0.3, 0.4) is 0 Å². The van der Waals surface area contributed by atoms with Crippen LogP contribution in [0.4, 0.5) is 9.39 Å². The number of amides is 2. The van der Waals surface area contributed by atoms with Crippen molar-refractivity contribution in [3.8, 4) is 0 Å². The summed E-state index contributed by atoms with van der Waals surface area (Å²) in [5.74, 6) is -0.658. The first-order chi connectivity index (χ1) is 14.8. The van der Waals surface area contributed by atoms with E-state index >= 15 is 0 Å². The number of halogens is 1. The normalized spacial score (nSPS) is 19.1. The molecule has 2 aliphatic rings. The lowest BCUT2D eigenvalue weighted by Crippen LogP contribution is -2.41. The fraction of sp³-hybridized carbons (Fsp3) is 0.500. The van der Waals surface area contributed by atoms with E-state index in [0.717, 1.165) is 29.7 Å². The van der Waals surface area contributed by atoms with Crippen LogP contribution in [0, 0.1) is 17.2 Å². The Kier molecular flexibility index (Phi) is 6.17. The molecular weight excluding hydrogens is 415 g/mol. The van der Waals surface area contributed by atoms with Crippen molar-refractivity contribution in [3.05, 3.63) is 51.7 Å². The van der Waals surface area contributed by atoms with Gasteiger partial charge in [0, 0.05) is 18.0 Å². The predicted octanol–water partition coefficient (Wildman–Crippen LogP) is 4.76. The van der Waals surface area contributed by atoms with Crippen molar-refractivity contribution in [2.75, 3.05) is 31.6 Å². The largest absolute Gasteiger partial charge is 0.378 e. The molecule has 0 spiro atoms. The molecule has 1 atom stereocenters. The van der Waals surface area contributed by atoms with Crippen LogP contribution in [0.1, 0.15) is 58.3 Å². The van der Waals surface area contributed by atoms with E-state index in [-0.39, 0.29) is 16.9 Å². The van der Waals surface area contributed by atoms with E-state index in [2.05, 4.69) is 26.1 Å². The molecule has 1 aromatic heterocycles. The van der Waals surface area contributed by atoms with Gasteiger partial charge in [0.2, 0.25) is 0 Å². The minimum Gasteiger partial charge on any atom is -0.378 e. The Morgan fingerprint density at radius 3 is 2.58 bits per heavy atom. The highest BCUT2D eigenvalue weighted by Gasteiger charge is 2.35. The molecule has 1 saturated heterocycles. The number of nitrogens with zero attached hydrogens (tertiary/aromatic N) is 1. The lowest BCUT2D eigenvalue weighted by atomic mass is 9.72. The second kappa shape index (κ2) is 8.71. The van der Waals surface area contributed by atoms with Gasteiger partial charge in [0.15, 0.2) is 0 Å². The van der Waals surface area contributed by atoms with Gasteiger partial charge >= 0.3 is 0 Å². The van der Waals surface area contributed by atoms with Crippen molar-refractivity contribution >= 4 is 28.2 Å². The number of nitrogens with one attached hydrogen (secondary N) is 1. The molecule has 7 heteroatoms. The summed E-state index contributed by atoms with van der Waals surface area (Å²) in [5, 5.41) is 3.39. The zero-order valence-electron chi connectivity index (χ0n) is 18.3. The highest BCUT2D eigenvalue weighted by atomic mass is 32.1. The maximum Gasteiger partial charge on any atom is 0.259 e. The fourth-order valence-corrected chi connectivity index (χ4v) is 5.69. The molecule has 166 valence electrons. The van der Waals surface area contributed by atoms with Gasteiger partial charge in [-0.2, -0.15) is 0 Å².